The molecule has 0 unspecified atom stereocenters. The van der Waals surface area contributed by atoms with E-state index in [4.69, 9.17) is 9.47 Å². The van der Waals surface area contributed by atoms with Gasteiger partial charge in [-0.1, -0.05) is 31.4 Å². The van der Waals surface area contributed by atoms with Crippen molar-refractivity contribution in [1.82, 2.24) is 10.6 Å². The number of benzene rings is 1. The molecule has 1 fully saturated rings. The van der Waals surface area contributed by atoms with Crippen LogP contribution in [0.2, 0.25) is 0 Å². The van der Waals surface area contributed by atoms with Crippen LogP contribution in [0.15, 0.2) is 29.3 Å². The van der Waals surface area contributed by atoms with Crippen LogP contribution < -0.4 is 15.4 Å². The number of hydrogen-bond acceptors (Lipinski definition) is 3. The maximum absolute atomic E-state index is 5.96. The summed E-state index contributed by atoms with van der Waals surface area (Å²) in [6.45, 7) is 5.29. The van der Waals surface area contributed by atoms with E-state index in [9.17, 15) is 0 Å². The highest BCUT2D eigenvalue weighted by atomic mass is 16.5. The van der Waals surface area contributed by atoms with Crippen molar-refractivity contribution in [2.75, 3.05) is 26.8 Å². The van der Waals surface area contributed by atoms with Crippen LogP contribution >= 0.6 is 0 Å². The van der Waals surface area contributed by atoms with Crippen LogP contribution in [0, 0.1) is 0 Å². The van der Waals surface area contributed by atoms with Crippen molar-refractivity contribution in [2.45, 2.75) is 58.1 Å². The minimum absolute atomic E-state index is 0.491. The van der Waals surface area contributed by atoms with Crippen LogP contribution in [0.1, 0.15) is 51.0 Å². The lowest BCUT2D eigenvalue weighted by atomic mass is 9.98. The third-order valence-corrected chi connectivity index (χ3v) is 4.44. The van der Waals surface area contributed by atoms with E-state index in [0.29, 0.717) is 12.6 Å². The van der Waals surface area contributed by atoms with Crippen molar-refractivity contribution < 1.29 is 9.47 Å². The van der Waals surface area contributed by atoms with E-state index in [1.165, 1.54) is 37.7 Å². The lowest BCUT2D eigenvalue weighted by molar-refractivity contribution is 0.0277. The topological polar surface area (TPSA) is 54.9 Å². The van der Waals surface area contributed by atoms with Gasteiger partial charge in [0, 0.05) is 19.7 Å². The molecule has 0 aromatic heterocycles. The fourth-order valence-corrected chi connectivity index (χ4v) is 3.00. The number of nitrogens with one attached hydrogen (secondary N) is 2. The molecule has 0 aliphatic heterocycles. The Morgan fingerprint density at radius 3 is 2.56 bits per heavy atom. The predicted molar refractivity (Wildman–Crippen MR) is 103 cm³/mol. The Morgan fingerprint density at radius 1 is 1.12 bits per heavy atom. The lowest BCUT2D eigenvalue weighted by Gasteiger charge is -2.22. The molecular weight excluding hydrogens is 314 g/mol. The number of guanidine groups is 1. The zero-order valence-electron chi connectivity index (χ0n) is 15.7. The van der Waals surface area contributed by atoms with Crippen molar-refractivity contribution in [3.63, 3.8) is 0 Å². The van der Waals surface area contributed by atoms with Gasteiger partial charge in [-0.3, -0.25) is 0 Å². The second-order valence-corrected chi connectivity index (χ2v) is 6.45. The summed E-state index contributed by atoms with van der Waals surface area (Å²) in [4.78, 5) is 4.64. The Morgan fingerprint density at radius 2 is 1.88 bits per heavy atom. The van der Waals surface area contributed by atoms with Gasteiger partial charge in [0.1, 0.15) is 5.75 Å². The molecule has 0 radical (unpaired) electrons. The summed E-state index contributed by atoms with van der Waals surface area (Å²) in [6.07, 6.45) is 7.99. The van der Waals surface area contributed by atoms with Crippen LogP contribution in [0.5, 0.6) is 5.75 Å². The Kier molecular flexibility index (Phi) is 9.19. The summed E-state index contributed by atoms with van der Waals surface area (Å²) in [7, 11) is 1.68. The van der Waals surface area contributed by atoms with Gasteiger partial charge in [-0.15, -0.1) is 0 Å². The number of methoxy groups -OCH3 is 1. The Labute approximate surface area is 152 Å². The maximum atomic E-state index is 5.96. The first-order valence-electron chi connectivity index (χ1n) is 9.58. The molecular formula is C20H33N3O2. The number of hydrogen-bond donors (Lipinski definition) is 2. The molecule has 25 heavy (non-hydrogen) atoms. The van der Waals surface area contributed by atoms with Gasteiger partial charge in [-0.2, -0.15) is 0 Å². The number of aliphatic imine (C=N–C) groups is 1. The van der Waals surface area contributed by atoms with Crippen LogP contribution in [0.3, 0.4) is 0 Å². The summed E-state index contributed by atoms with van der Waals surface area (Å²) in [5.41, 5.74) is 1.17. The minimum Gasteiger partial charge on any atom is -0.497 e. The standard InChI is InChI=1S/C20H33N3O2/c1-3-21-20(23-16-17-10-12-18(24-2)13-11-17)22-14-7-15-25-19-8-5-4-6-9-19/h10-13,19H,3-9,14-16H2,1-2H3,(H2,21,22,23). The molecule has 1 saturated carbocycles. The van der Waals surface area contributed by atoms with Gasteiger partial charge < -0.3 is 20.1 Å². The van der Waals surface area contributed by atoms with E-state index in [-0.39, 0.29) is 0 Å². The molecule has 0 heterocycles. The Bertz CT molecular complexity index is 496. The average molecular weight is 348 g/mol. The molecule has 1 aromatic rings. The number of ether oxygens (including phenoxy) is 2. The summed E-state index contributed by atoms with van der Waals surface area (Å²) in [5, 5.41) is 6.67. The SMILES string of the molecule is CCNC(=NCc1ccc(OC)cc1)NCCCOC1CCCCC1. The molecule has 2 rings (SSSR count). The Balaban J connectivity index is 1.67. The van der Waals surface area contributed by atoms with Gasteiger partial charge in [0.05, 0.1) is 19.8 Å². The molecule has 0 spiro atoms. The van der Waals surface area contributed by atoms with Gasteiger partial charge in [0.25, 0.3) is 0 Å². The molecule has 0 amide bonds. The number of rotatable bonds is 9. The minimum atomic E-state index is 0.491. The van der Waals surface area contributed by atoms with Gasteiger partial charge in [0.2, 0.25) is 0 Å². The van der Waals surface area contributed by atoms with Gasteiger partial charge >= 0.3 is 0 Å². The highest BCUT2D eigenvalue weighted by Crippen LogP contribution is 2.20. The molecule has 2 N–H and O–H groups in total. The molecule has 140 valence electrons. The van der Waals surface area contributed by atoms with E-state index >= 15 is 0 Å². The van der Waals surface area contributed by atoms with Crippen molar-refractivity contribution in [3.8, 4) is 5.75 Å². The summed E-state index contributed by atoms with van der Waals surface area (Å²) in [6, 6.07) is 8.02. The maximum Gasteiger partial charge on any atom is 0.191 e. The van der Waals surface area contributed by atoms with Crippen LogP contribution in [0.4, 0.5) is 0 Å². The fraction of sp³-hybridized carbons (Fsp3) is 0.650. The summed E-state index contributed by atoms with van der Waals surface area (Å²) >= 11 is 0. The second-order valence-electron chi connectivity index (χ2n) is 6.45. The third-order valence-electron chi connectivity index (χ3n) is 4.44. The molecule has 0 saturated heterocycles. The molecule has 1 aliphatic carbocycles. The van der Waals surface area contributed by atoms with Crippen molar-refractivity contribution in [1.29, 1.82) is 0 Å². The average Bonchev–Trinajstić information content (AvgIpc) is 2.67. The normalized spacial score (nSPS) is 15.8. The largest absolute Gasteiger partial charge is 0.497 e. The zero-order chi connectivity index (χ0) is 17.7. The third kappa shape index (κ3) is 7.78. The van der Waals surface area contributed by atoms with E-state index < -0.39 is 0 Å². The zero-order valence-corrected chi connectivity index (χ0v) is 15.7. The second kappa shape index (κ2) is 11.7. The molecule has 5 heteroatoms. The lowest BCUT2D eigenvalue weighted by Crippen LogP contribution is -2.38. The van der Waals surface area contributed by atoms with E-state index in [0.717, 1.165) is 37.8 Å². The molecule has 1 aromatic carbocycles. The molecule has 0 bridgehead atoms. The van der Waals surface area contributed by atoms with Crippen molar-refractivity contribution in [2.24, 2.45) is 4.99 Å². The highest BCUT2D eigenvalue weighted by Gasteiger charge is 2.12. The van der Waals surface area contributed by atoms with E-state index in [1.54, 1.807) is 7.11 Å². The van der Waals surface area contributed by atoms with Crippen molar-refractivity contribution in [3.05, 3.63) is 29.8 Å². The summed E-state index contributed by atoms with van der Waals surface area (Å²) in [5.74, 6) is 1.73. The van der Waals surface area contributed by atoms with E-state index in [1.807, 2.05) is 24.3 Å². The van der Waals surface area contributed by atoms with Gasteiger partial charge in [-0.05, 0) is 43.9 Å². The highest BCUT2D eigenvalue weighted by molar-refractivity contribution is 5.79. The van der Waals surface area contributed by atoms with Crippen LogP contribution in [-0.4, -0.2) is 38.9 Å². The predicted octanol–water partition coefficient (Wildman–Crippen LogP) is 3.49. The molecule has 0 atom stereocenters. The van der Waals surface area contributed by atoms with Gasteiger partial charge in [-0.25, -0.2) is 4.99 Å². The molecule has 5 nitrogen and oxygen atoms in total. The monoisotopic (exact) mass is 347 g/mol. The molecule has 1 aliphatic rings. The van der Waals surface area contributed by atoms with E-state index in [2.05, 4.69) is 22.5 Å². The first-order valence-corrected chi connectivity index (χ1v) is 9.58. The first-order chi connectivity index (χ1) is 12.3. The summed E-state index contributed by atoms with van der Waals surface area (Å²) < 4.78 is 11.1. The Hall–Kier alpha value is -1.75. The van der Waals surface area contributed by atoms with Crippen LogP contribution in [0.25, 0.3) is 0 Å². The smallest absolute Gasteiger partial charge is 0.191 e. The van der Waals surface area contributed by atoms with Crippen molar-refractivity contribution >= 4 is 5.96 Å². The first kappa shape index (κ1) is 19.6. The van der Waals surface area contributed by atoms with Gasteiger partial charge in [0.15, 0.2) is 5.96 Å². The fourth-order valence-electron chi connectivity index (χ4n) is 3.00. The number of nitrogens with zero attached hydrogens (tertiary/aromatic N) is 1. The quantitative estimate of drug-likeness (QED) is 0.408. The van der Waals surface area contributed by atoms with Crippen LogP contribution in [-0.2, 0) is 11.3 Å².